The van der Waals surface area contributed by atoms with E-state index in [2.05, 4.69) is 36.1 Å². The van der Waals surface area contributed by atoms with E-state index in [1.54, 1.807) is 36.4 Å². The summed E-state index contributed by atoms with van der Waals surface area (Å²) in [6.07, 6.45) is 1.76. The molecule has 1 fully saturated rings. The third kappa shape index (κ3) is 5.64. The molecule has 0 aromatic heterocycles. The molecule has 0 saturated carbocycles. The van der Waals surface area contributed by atoms with Crippen molar-refractivity contribution in [2.75, 3.05) is 59.5 Å². The largest absolute Gasteiger partial charge is 0.504 e. The van der Waals surface area contributed by atoms with Crippen molar-refractivity contribution in [2.45, 2.75) is 6.92 Å². The normalized spacial score (nSPS) is 13.8. The fourth-order valence-electron chi connectivity index (χ4n) is 4.56. The Balaban J connectivity index is 1.69. The van der Waals surface area contributed by atoms with Crippen LogP contribution in [0.2, 0.25) is 0 Å². The van der Waals surface area contributed by atoms with E-state index >= 15 is 0 Å². The SMILES string of the molecule is COc1ccc(/C=C(/C(=O)N2CCN(c3ccc(C)cc3)CC2)c2cc(OC)c(OC)c(OC)c2)cc1O. The molecular formula is C30H34N2O6. The zero-order valence-corrected chi connectivity index (χ0v) is 22.5. The number of nitrogens with zero attached hydrogens (tertiary/aromatic N) is 2. The van der Waals surface area contributed by atoms with Gasteiger partial charge in [0, 0.05) is 37.4 Å². The molecule has 1 amide bonds. The molecular weight excluding hydrogens is 484 g/mol. The number of piperazine rings is 1. The molecule has 1 aliphatic heterocycles. The third-order valence-electron chi connectivity index (χ3n) is 6.69. The van der Waals surface area contributed by atoms with Crippen LogP contribution >= 0.6 is 0 Å². The van der Waals surface area contributed by atoms with Gasteiger partial charge in [-0.1, -0.05) is 23.8 Å². The van der Waals surface area contributed by atoms with Crippen LogP contribution in [0, 0.1) is 6.92 Å². The van der Waals surface area contributed by atoms with Crippen molar-refractivity contribution in [2.24, 2.45) is 0 Å². The van der Waals surface area contributed by atoms with Gasteiger partial charge in [0.1, 0.15) is 0 Å². The number of aryl methyl sites for hydroxylation is 1. The first-order valence-corrected chi connectivity index (χ1v) is 12.4. The molecule has 3 aromatic carbocycles. The topological polar surface area (TPSA) is 80.7 Å². The number of amides is 1. The number of phenolic OH excluding ortho intramolecular Hbond substituents is 1. The van der Waals surface area contributed by atoms with Gasteiger partial charge in [0.05, 0.1) is 28.4 Å². The van der Waals surface area contributed by atoms with Gasteiger partial charge in [0.25, 0.3) is 5.91 Å². The lowest BCUT2D eigenvalue weighted by Gasteiger charge is -2.36. The first-order valence-electron chi connectivity index (χ1n) is 12.4. The molecule has 1 saturated heterocycles. The Morgan fingerprint density at radius 1 is 0.789 bits per heavy atom. The predicted octanol–water partition coefficient (Wildman–Crippen LogP) is 4.62. The number of ether oxygens (including phenoxy) is 4. The third-order valence-corrected chi connectivity index (χ3v) is 6.69. The zero-order valence-electron chi connectivity index (χ0n) is 22.5. The van der Waals surface area contributed by atoms with Crippen LogP contribution < -0.4 is 23.8 Å². The van der Waals surface area contributed by atoms with E-state index in [0.29, 0.717) is 52.8 Å². The number of phenols is 1. The standard InChI is InChI=1S/C30H34N2O6/c1-20-6-9-23(10-7-20)31-12-14-32(15-13-31)30(34)24(16-21-8-11-26(35-2)25(33)17-21)22-18-27(36-3)29(38-5)28(19-22)37-4/h6-11,16-19,33H,12-15H2,1-5H3/b24-16+. The Kier molecular flexibility index (Phi) is 8.31. The number of anilines is 1. The van der Waals surface area contributed by atoms with Crippen LogP contribution in [0.15, 0.2) is 54.6 Å². The van der Waals surface area contributed by atoms with Crippen molar-refractivity contribution >= 4 is 23.2 Å². The number of methoxy groups -OCH3 is 4. The van der Waals surface area contributed by atoms with Crippen molar-refractivity contribution in [3.05, 3.63) is 71.3 Å². The molecule has 4 rings (SSSR count). The number of hydrogen-bond donors (Lipinski definition) is 1. The molecule has 0 aliphatic carbocycles. The molecule has 1 heterocycles. The van der Waals surface area contributed by atoms with Gasteiger partial charge >= 0.3 is 0 Å². The van der Waals surface area contributed by atoms with E-state index in [4.69, 9.17) is 18.9 Å². The van der Waals surface area contributed by atoms with Gasteiger partial charge in [0.2, 0.25) is 5.75 Å². The fourth-order valence-corrected chi connectivity index (χ4v) is 4.56. The van der Waals surface area contributed by atoms with E-state index in [1.807, 2.05) is 4.90 Å². The number of carbonyl (C=O) groups excluding carboxylic acids is 1. The van der Waals surface area contributed by atoms with Crippen molar-refractivity contribution < 1.29 is 28.8 Å². The van der Waals surface area contributed by atoms with Crippen molar-refractivity contribution in [3.63, 3.8) is 0 Å². The number of hydrogen-bond acceptors (Lipinski definition) is 7. The Hall–Kier alpha value is -4.33. The van der Waals surface area contributed by atoms with Gasteiger partial charge in [-0.15, -0.1) is 0 Å². The maximum atomic E-state index is 14.0. The van der Waals surface area contributed by atoms with E-state index < -0.39 is 0 Å². The minimum Gasteiger partial charge on any atom is -0.504 e. The summed E-state index contributed by atoms with van der Waals surface area (Å²) < 4.78 is 21.7. The highest BCUT2D eigenvalue weighted by molar-refractivity contribution is 6.24. The van der Waals surface area contributed by atoms with E-state index in [-0.39, 0.29) is 11.7 Å². The van der Waals surface area contributed by atoms with Crippen LogP contribution in [0.4, 0.5) is 5.69 Å². The van der Waals surface area contributed by atoms with E-state index in [1.165, 1.54) is 34.0 Å². The number of rotatable bonds is 8. The average Bonchev–Trinajstić information content (AvgIpc) is 2.95. The molecule has 0 bridgehead atoms. The Labute approximate surface area is 223 Å². The minimum atomic E-state index is -0.127. The molecule has 0 radical (unpaired) electrons. The monoisotopic (exact) mass is 518 g/mol. The quantitative estimate of drug-likeness (QED) is 0.344. The van der Waals surface area contributed by atoms with Gasteiger partial charge in [-0.05, 0) is 60.5 Å². The second-order valence-electron chi connectivity index (χ2n) is 9.02. The summed E-state index contributed by atoms with van der Waals surface area (Å²) in [7, 11) is 6.11. The Morgan fingerprint density at radius 3 is 1.92 bits per heavy atom. The lowest BCUT2D eigenvalue weighted by molar-refractivity contribution is -0.125. The smallest absolute Gasteiger partial charge is 0.254 e. The van der Waals surface area contributed by atoms with Gasteiger partial charge in [0.15, 0.2) is 23.0 Å². The summed E-state index contributed by atoms with van der Waals surface area (Å²) in [5, 5.41) is 10.3. The van der Waals surface area contributed by atoms with Crippen LogP contribution in [-0.2, 0) is 4.79 Å². The average molecular weight is 519 g/mol. The second kappa shape index (κ2) is 11.8. The number of benzene rings is 3. The van der Waals surface area contributed by atoms with Crippen molar-refractivity contribution in [1.82, 2.24) is 4.90 Å². The van der Waals surface area contributed by atoms with Gasteiger partial charge in [-0.25, -0.2) is 0 Å². The van der Waals surface area contributed by atoms with Crippen LogP contribution in [0.5, 0.6) is 28.7 Å². The number of aromatic hydroxyl groups is 1. The molecule has 1 N–H and O–H groups in total. The molecule has 3 aromatic rings. The molecule has 0 atom stereocenters. The Morgan fingerprint density at radius 2 is 1.39 bits per heavy atom. The summed E-state index contributed by atoms with van der Waals surface area (Å²) in [6, 6.07) is 17.0. The van der Waals surface area contributed by atoms with Gasteiger partial charge in [-0.3, -0.25) is 4.79 Å². The maximum absolute atomic E-state index is 14.0. The van der Waals surface area contributed by atoms with Crippen molar-refractivity contribution in [1.29, 1.82) is 0 Å². The fraction of sp³-hybridized carbons (Fsp3) is 0.300. The molecule has 38 heavy (non-hydrogen) atoms. The van der Waals surface area contributed by atoms with Crippen LogP contribution in [0.3, 0.4) is 0 Å². The van der Waals surface area contributed by atoms with Gasteiger partial charge < -0.3 is 33.9 Å². The summed E-state index contributed by atoms with van der Waals surface area (Å²) in [6.45, 7) is 4.66. The highest BCUT2D eigenvalue weighted by atomic mass is 16.5. The lowest BCUT2D eigenvalue weighted by atomic mass is 9.99. The molecule has 1 aliphatic rings. The molecule has 0 unspecified atom stereocenters. The second-order valence-corrected chi connectivity index (χ2v) is 9.02. The first kappa shape index (κ1) is 26.7. The lowest BCUT2D eigenvalue weighted by Crippen LogP contribution is -2.49. The minimum absolute atomic E-state index is 0.00958. The highest BCUT2D eigenvalue weighted by Crippen LogP contribution is 2.41. The summed E-state index contributed by atoms with van der Waals surface area (Å²) in [5.74, 6) is 1.56. The van der Waals surface area contributed by atoms with E-state index in [9.17, 15) is 9.90 Å². The highest BCUT2D eigenvalue weighted by Gasteiger charge is 2.26. The van der Waals surface area contributed by atoms with Crippen LogP contribution in [0.1, 0.15) is 16.7 Å². The van der Waals surface area contributed by atoms with Gasteiger partial charge in [-0.2, -0.15) is 0 Å². The van der Waals surface area contributed by atoms with Crippen LogP contribution in [-0.4, -0.2) is 70.5 Å². The maximum Gasteiger partial charge on any atom is 0.254 e. The molecule has 0 spiro atoms. The summed E-state index contributed by atoms with van der Waals surface area (Å²) >= 11 is 0. The predicted molar refractivity (Wildman–Crippen MR) is 149 cm³/mol. The van der Waals surface area contributed by atoms with Crippen LogP contribution in [0.25, 0.3) is 11.6 Å². The zero-order chi connectivity index (χ0) is 27.2. The Bertz CT molecular complexity index is 1290. The molecule has 8 heteroatoms. The van der Waals surface area contributed by atoms with Crippen molar-refractivity contribution in [3.8, 4) is 28.7 Å². The van der Waals surface area contributed by atoms with E-state index in [0.717, 1.165) is 18.8 Å². The first-order chi connectivity index (χ1) is 18.4. The summed E-state index contributed by atoms with van der Waals surface area (Å²) in [4.78, 5) is 18.1. The molecule has 8 nitrogen and oxygen atoms in total. The summed E-state index contributed by atoms with van der Waals surface area (Å²) in [5.41, 5.74) is 4.07. The number of carbonyl (C=O) groups is 1. The molecule has 200 valence electrons.